The van der Waals surface area contributed by atoms with Crippen LogP contribution < -0.4 is 16.6 Å². The Morgan fingerprint density at radius 3 is 2.71 bits per heavy atom. The predicted octanol–water partition coefficient (Wildman–Crippen LogP) is 2.17. The van der Waals surface area contributed by atoms with Crippen LogP contribution in [0.5, 0.6) is 0 Å². The van der Waals surface area contributed by atoms with Gasteiger partial charge in [0.25, 0.3) is 5.56 Å². The number of nitrogens with zero attached hydrogens (tertiary/aromatic N) is 4. The van der Waals surface area contributed by atoms with Gasteiger partial charge in [-0.15, -0.1) is 0 Å². The number of pyridine rings is 2. The molecular weight excluding hydrogens is 356 g/mol. The second kappa shape index (κ2) is 7.93. The molecule has 0 aliphatic heterocycles. The molecule has 1 fully saturated rings. The normalized spacial score (nSPS) is 14.6. The van der Waals surface area contributed by atoms with E-state index in [-0.39, 0.29) is 18.1 Å². The Kier molecular flexibility index (Phi) is 5.21. The number of rotatable bonds is 6. The molecule has 0 aromatic carbocycles. The highest BCUT2D eigenvalue weighted by Gasteiger charge is 2.19. The van der Waals surface area contributed by atoms with Gasteiger partial charge in [-0.2, -0.15) is 0 Å². The molecular formula is C20H24N6O2. The molecule has 8 nitrogen and oxygen atoms in total. The highest BCUT2D eigenvalue weighted by molar-refractivity contribution is 5.93. The van der Waals surface area contributed by atoms with Gasteiger partial charge in [-0.1, -0.05) is 12.8 Å². The molecule has 8 heteroatoms. The third kappa shape index (κ3) is 3.68. The number of anilines is 2. The smallest absolute Gasteiger partial charge is 0.262 e. The number of hydrogen-bond acceptors (Lipinski definition) is 7. The van der Waals surface area contributed by atoms with Crippen LogP contribution in [0.1, 0.15) is 32.1 Å². The first-order valence-electron chi connectivity index (χ1n) is 9.65. The number of nitrogens with one attached hydrogen (secondary N) is 1. The fourth-order valence-electron chi connectivity index (χ4n) is 3.71. The van der Waals surface area contributed by atoms with Crippen LogP contribution in [0.25, 0.3) is 22.0 Å². The summed E-state index contributed by atoms with van der Waals surface area (Å²) in [5.41, 5.74) is 6.94. The minimum absolute atomic E-state index is 0.0476. The van der Waals surface area contributed by atoms with E-state index in [4.69, 9.17) is 15.8 Å². The fourth-order valence-corrected chi connectivity index (χ4v) is 3.71. The maximum atomic E-state index is 13.1. The molecule has 4 rings (SSSR count). The summed E-state index contributed by atoms with van der Waals surface area (Å²) in [4.78, 5) is 25.9. The van der Waals surface area contributed by atoms with Crippen molar-refractivity contribution in [1.82, 2.24) is 19.5 Å². The van der Waals surface area contributed by atoms with Crippen molar-refractivity contribution in [3.63, 3.8) is 0 Å². The van der Waals surface area contributed by atoms with E-state index in [1.54, 1.807) is 23.2 Å². The van der Waals surface area contributed by atoms with Gasteiger partial charge in [0.2, 0.25) is 5.95 Å². The van der Waals surface area contributed by atoms with Crippen LogP contribution >= 0.6 is 0 Å². The standard InChI is InChI=1S/C20H24N6O2/c21-20-22-11-14(12-23-20)16-10-13-6-8-26(7-3-9-27)19(28)17(13)18(25-16)24-15-4-1-2-5-15/h6,8,10-12,15,27H,1-5,7,9H2,(H,24,25)(H2,21,22,23). The van der Waals surface area contributed by atoms with E-state index in [0.29, 0.717) is 35.9 Å². The van der Waals surface area contributed by atoms with E-state index in [9.17, 15) is 4.79 Å². The summed E-state index contributed by atoms with van der Waals surface area (Å²) >= 11 is 0. The fraction of sp³-hybridized carbons (Fsp3) is 0.400. The predicted molar refractivity (Wildman–Crippen MR) is 109 cm³/mol. The van der Waals surface area contributed by atoms with Crippen molar-refractivity contribution >= 4 is 22.5 Å². The summed E-state index contributed by atoms with van der Waals surface area (Å²) < 4.78 is 1.63. The van der Waals surface area contributed by atoms with Gasteiger partial charge in [0.1, 0.15) is 5.82 Å². The quantitative estimate of drug-likeness (QED) is 0.599. The SMILES string of the molecule is Nc1ncc(-c2cc3ccn(CCCO)c(=O)c3c(NC3CCCC3)n2)cn1. The summed E-state index contributed by atoms with van der Waals surface area (Å²) in [6.45, 7) is 0.522. The second-order valence-electron chi connectivity index (χ2n) is 7.17. The van der Waals surface area contributed by atoms with Gasteiger partial charge in [0.15, 0.2) is 0 Å². The van der Waals surface area contributed by atoms with Crippen LogP contribution in [0.4, 0.5) is 11.8 Å². The van der Waals surface area contributed by atoms with Crippen molar-refractivity contribution < 1.29 is 5.11 Å². The summed E-state index contributed by atoms with van der Waals surface area (Å²) in [5, 5.41) is 14.0. The third-order valence-electron chi connectivity index (χ3n) is 5.18. The second-order valence-corrected chi connectivity index (χ2v) is 7.17. The Balaban J connectivity index is 1.84. The average Bonchev–Trinajstić information content (AvgIpc) is 3.21. The highest BCUT2D eigenvalue weighted by Crippen LogP contribution is 2.28. The minimum Gasteiger partial charge on any atom is -0.396 e. The van der Waals surface area contributed by atoms with E-state index in [1.165, 1.54) is 12.8 Å². The molecule has 0 amide bonds. The van der Waals surface area contributed by atoms with Gasteiger partial charge < -0.3 is 20.7 Å². The Morgan fingerprint density at radius 1 is 1.25 bits per heavy atom. The molecule has 3 aromatic rings. The first kappa shape index (κ1) is 18.4. The maximum Gasteiger partial charge on any atom is 0.262 e. The zero-order valence-electron chi connectivity index (χ0n) is 15.6. The van der Waals surface area contributed by atoms with E-state index in [1.807, 2.05) is 12.1 Å². The first-order valence-corrected chi connectivity index (χ1v) is 9.65. The van der Waals surface area contributed by atoms with Crippen LogP contribution in [0.3, 0.4) is 0 Å². The molecule has 0 saturated heterocycles. The topological polar surface area (TPSA) is 119 Å². The van der Waals surface area contributed by atoms with Crippen molar-refractivity contribution in [3.05, 3.63) is 41.1 Å². The number of nitrogen functional groups attached to an aromatic ring is 1. The molecule has 0 radical (unpaired) electrons. The molecule has 1 aliphatic carbocycles. The Hall–Kier alpha value is -3.00. The Bertz CT molecular complexity index is 1030. The lowest BCUT2D eigenvalue weighted by atomic mass is 10.1. The molecule has 3 heterocycles. The van der Waals surface area contributed by atoms with Gasteiger partial charge in [-0.25, -0.2) is 15.0 Å². The molecule has 3 aromatic heterocycles. The zero-order chi connectivity index (χ0) is 19.5. The lowest BCUT2D eigenvalue weighted by Crippen LogP contribution is -2.23. The van der Waals surface area contributed by atoms with Crippen molar-refractivity contribution in [2.24, 2.45) is 0 Å². The zero-order valence-corrected chi connectivity index (χ0v) is 15.6. The minimum atomic E-state index is -0.0981. The number of aliphatic hydroxyl groups excluding tert-OH is 1. The Morgan fingerprint density at radius 2 is 2.00 bits per heavy atom. The van der Waals surface area contributed by atoms with Gasteiger partial charge in [0.05, 0.1) is 11.1 Å². The van der Waals surface area contributed by atoms with Crippen LogP contribution in [-0.4, -0.2) is 37.3 Å². The molecule has 1 saturated carbocycles. The number of aryl methyl sites for hydroxylation is 1. The van der Waals surface area contributed by atoms with Crippen molar-refractivity contribution in [1.29, 1.82) is 0 Å². The summed E-state index contributed by atoms with van der Waals surface area (Å²) in [6.07, 6.45) is 10.1. The lowest BCUT2D eigenvalue weighted by molar-refractivity contribution is 0.279. The molecule has 146 valence electrons. The van der Waals surface area contributed by atoms with Crippen molar-refractivity contribution in [2.45, 2.75) is 44.7 Å². The van der Waals surface area contributed by atoms with E-state index < -0.39 is 0 Å². The molecule has 0 unspecified atom stereocenters. The number of aliphatic hydroxyl groups is 1. The first-order chi connectivity index (χ1) is 13.7. The summed E-state index contributed by atoms with van der Waals surface area (Å²) in [7, 11) is 0. The molecule has 0 spiro atoms. The molecule has 28 heavy (non-hydrogen) atoms. The monoisotopic (exact) mass is 380 g/mol. The molecule has 1 aliphatic rings. The van der Waals surface area contributed by atoms with Crippen molar-refractivity contribution in [3.8, 4) is 11.3 Å². The van der Waals surface area contributed by atoms with Crippen LogP contribution in [0.15, 0.2) is 35.5 Å². The van der Waals surface area contributed by atoms with Gasteiger partial charge in [-0.05, 0) is 36.8 Å². The Labute approximate surface area is 162 Å². The van der Waals surface area contributed by atoms with Gasteiger partial charge >= 0.3 is 0 Å². The summed E-state index contributed by atoms with van der Waals surface area (Å²) in [6, 6.07) is 4.11. The van der Waals surface area contributed by atoms with Gasteiger partial charge in [0, 0.05) is 43.3 Å². The molecule has 0 bridgehead atoms. The van der Waals surface area contributed by atoms with Gasteiger partial charge in [-0.3, -0.25) is 4.79 Å². The number of hydrogen-bond donors (Lipinski definition) is 3. The van der Waals surface area contributed by atoms with E-state index >= 15 is 0 Å². The van der Waals surface area contributed by atoms with E-state index in [0.717, 1.165) is 23.8 Å². The number of aromatic nitrogens is 4. The average molecular weight is 380 g/mol. The summed E-state index contributed by atoms with van der Waals surface area (Å²) in [5.74, 6) is 0.806. The molecule has 0 atom stereocenters. The molecule has 4 N–H and O–H groups in total. The maximum absolute atomic E-state index is 13.1. The lowest BCUT2D eigenvalue weighted by Gasteiger charge is -2.17. The van der Waals surface area contributed by atoms with Crippen LogP contribution in [-0.2, 0) is 6.54 Å². The third-order valence-corrected chi connectivity index (χ3v) is 5.18. The van der Waals surface area contributed by atoms with E-state index in [2.05, 4.69) is 15.3 Å². The van der Waals surface area contributed by atoms with Crippen LogP contribution in [0.2, 0.25) is 0 Å². The largest absolute Gasteiger partial charge is 0.396 e. The highest BCUT2D eigenvalue weighted by atomic mass is 16.3. The number of fused-ring (bicyclic) bond motifs is 1. The van der Waals surface area contributed by atoms with Crippen LogP contribution in [0, 0.1) is 0 Å². The number of nitrogens with two attached hydrogens (primary N) is 1. The van der Waals surface area contributed by atoms with Crippen molar-refractivity contribution in [2.75, 3.05) is 17.7 Å².